The third-order valence-electron chi connectivity index (χ3n) is 3.67. The van der Waals surface area contributed by atoms with E-state index >= 15 is 0 Å². The zero-order valence-corrected chi connectivity index (χ0v) is 10.1. The molecule has 0 saturated heterocycles. The number of carbonyl (C=O) groups is 1. The minimum atomic E-state index is -0.350. The molecule has 1 fully saturated rings. The number of hydrazine groups is 1. The van der Waals surface area contributed by atoms with Crippen LogP contribution in [0.5, 0.6) is 0 Å². The van der Waals surface area contributed by atoms with Gasteiger partial charge >= 0.3 is 0 Å². The number of nitrogens with one attached hydrogen (secondary N) is 1. The van der Waals surface area contributed by atoms with E-state index in [1.54, 1.807) is 0 Å². The first-order valence-electron chi connectivity index (χ1n) is 5.60. The molecule has 1 saturated carbocycles. The Morgan fingerprint density at radius 1 is 1.19 bits per heavy atom. The summed E-state index contributed by atoms with van der Waals surface area (Å²) in [5, 5.41) is 0. The smallest absolute Gasteiger partial charge is 0.244 e. The topological polar surface area (TPSA) is 55.1 Å². The fourth-order valence-corrected chi connectivity index (χ4v) is 2.36. The Morgan fingerprint density at radius 3 is 2.25 bits per heavy atom. The van der Waals surface area contributed by atoms with Crippen LogP contribution in [0, 0.1) is 20.8 Å². The van der Waals surface area contributed by atoms with Gasteiger partial charge in [0.1, 0.15) is 0 Å². The highest BCUT2D eigenvalue weighted by Crippen LogP contribution is 2.49. The minimum Gasteiger partial charge on any atom is -0.293 e. The Morgan fingerprint density at radius 2 is 1.75 bits per heavy atom. The van der Waals surface area contributed by atoms with Crippen LogP contribution < -0.4 is 11.3 Å². The average molecular weight is 218 g/mol. The van der Waals surface area contributed by atoms with Crippen molar-refractivity contribution in [1.82, 2.24) is 5.43 Å². The van der Waals surface area contributed by atoms with Crippen LogP contribution >= 0.6 is 0 Å². The molecule has 1 amide bonds. The number of hydrogen-bond donors (Lipinski definition) is 2. The van der Waals surface area contributed by atoms with Gasteiger partial charge in [-0.2, -0.15) is 0 Å². The second-order valence-corrected chi connectivity index (χ2v) is 4.81. The number of nitrogens with two attached hydrogens (primary N) is 1. The van der Waals surface area contributed by atoms with Crippen LogP contribution in [0.3, 0.4) is 0 Å². The maximum Gasteiger partial charge on any atom is 0.244 e. The Hall–Kier alpha value is -1.35. The van der Waals surface area contributed by atoms with Gasteiger partial charge in [0.15, 0.2) is 0 Å². The van der Waals surface area contributed by atoms with Gasteiger partial charge in [0, 0.05) is 0 Å². The highest BCUT2D eigenvalue weighted by molar-refractivity contribution is 5.91. The van der Waals surface area contributed by atoms with Crippen molar-refractivity contribution in [2.24, 2.45) is 5.84 Å². The van der Waals surface area contributed by atoms with Crippen LogP contribution in [-0.4, -0.2) is 5.91 Å². The Kier molecular flexibility index (Phi) is 2.50. The molecule has 2 rings (SSSR count). The summed E-state index contributed by atoms with van der Waals surface area (Å²) in [5.74, 6) is 5.20. The third kappa shape index (κ3) is 1.52. The second-order valence-electron chi connectivity index (χ2n) is 4.81. The first-order valence-corrected chi connectivity index (χ1v) is 5.60. The van der Waals surface area contributed by atoms with Gasteiger partial charge in [0.05, 0.1) is 5.41 Å². The summed E-state index contributed by atoms with van der Waals surface area (Å²) in [6.45, 7) is 6.23. The lowest BCUT2D eigenvalue weighted by Gasteiger charge is -2.18. The summed E-state index contributed by atoms with van der Waals surface area (Å²) in [5.41, 5.74) is 6.76. The molecule has 16 heavy (non-hydrogen) atoms. The van der Waals surface area contributed by atoms with Crippen molar-refractivity contribution < 1.29 is 4.79 Å². The van der Waals surface area contributed by atoms with Gasteiger partial charge in [-0.05, 0) is 55.9 Å². The van der Waals surface area contributed by atoms with E-state index in [1.807, 2.05) is 0 Å². The molecule has 0 heterocycles. The largest absolute Gasteiger partial charge is 0.293 e. The molecule has 0 aliphatic heterocycles. The predicted molar refractivity (Wildman–Crippen MR) is 63.9 cm³/mol. The van der Waals surface area contributed by atoms with Gasteiger partial charge in [-0.1, -0.05) is 12.1 Å². The number of benzene rings is 1. The van der Waals surface area contributed by atoms with Crippen LogP contribution in [0.1, 0.15) is 35.1 Å². The Labute approximate surface area is 96.0 Å². The van der Waals surface area contributed by atoms with E-state index in [-0.39, 0.29) is 11.3 Å². The maximum absolute atomic E-state index is 11.8. The molecule has 0 unspecified atom stereocenters. The van der Waals surface area contributed by atoms with E-state index in [1.165, 1.54) is 16.7 Å². The van der Waals surface area contributed by atoms with Crippen LogP contribution in [0.2, 0.25) is 0 Å². The summed E-state index contributed by atoms with van der Waals surface area (Å²) in [7, 11) is 0. The number of carbonyl (C=O) groups excluding carboxylic acids is 1. The second kappa shape index (κ2) is 3.59. The fourth-order valence-electron chi connectivity index (χ4n) is 2.36. The van der Waals surface area contributed by atoms with Crippen LogP contribution in [0.15, 0.2) is 12.1 Å². The van der Waals surface area contributed by atoms with E-state index < -0.39 is 0 Å². The van der Waals surface area contributed by atoms with Crippen molar-refractivity contribution in [3.05, 3.63) is 34.4 Å². The molecule has 3 heteroatoms. The van der Waals surface area contributed by atoms with E-state index in [9.17, 15) is 4.79 Å². The minimum absolute atomic E-state index is 0.0566. The van der Waals surface area contributed by atoms with E-state index in [0.29, 0.717) is 0 Å². The van der Waals surface area contributed by atoms with Crippen molar-refractivity contribution >= 4 is 5.91 Å². The first-order chi connectivity index (χ1) is 7.51. The molecule has 1 aromatic carbocycles. The number of rotatable bonds is 2. The zero-order valence-electron chi connectivity index (χ0n) is 10.1. The molecule has 1 aliphatic carbocycles. The van der Waals surface area contributed by atoms with Crippen molar-refractivity contribution in [2.45, 2.75) is 39.0 Å². The normalized spacial score (nSPS) is 17.0. The van der Waals surface area contributed by atoms with Crippen molar-refractivity contribution in [2.75, 3.05) is 0 Å². The van der Waals surface area contributed by atoms with Gasteiger partial charge in [0.2, 0.25) is 5.91 Å². The Balaban J connectivity index is 2.49. The van der Waals surface area contributed by atoms with Crippen LogP contribution in [0.25, 0.3) is 0 Å². The van der Waals surface area contributed by atoms with Crippen molar-refractivity contribution in [1.29, 1.82) is 0 Å². The standard InChI is InChI=1S/C13H18N2O/c1-8-6-10(3)11(7-9(8)2)13(4-5-13)12(16)15-14/h6-7H,4-5,14H2,1-3H3,(H,15,16). The van der Waals surface area contributed by atoms with Gasteiger partial charge in [-0.3, -0.25) is 10.2 Å². The van der Waals surface area contributed by atoms with E-state index in [4.69, 9.17) is 5.84 Å². The first kappa shape index (κ1) is 11.1. The van der Waals surface area contributed by atoms with Crippen LogP contribution in [-0.2, 0) is 10.2 Å². The summed E-state index contributed by atoms with van der Waals surface area (Å²) in [6.07, 6.45) is 1.80. The monoisotopic (exact) mass is 218 g/mol. The molecule has 1 aliphatic rings. The molecule has 0 bridgehead atoms. The van der Waals surface area contributed by atoms with Gasteiger partial charge in [-0.15, -0.1) is 0 Å². The third-order valence-corrected chi connectivity index (χ3v) is 3.67. The fraction of sp³-hybridized carbons (Fsp3) is 0.462. The van der Waals surface area contributed by atoms with Crippen molar-refractivity contribution in [3.63, 3.8) is 0 Å². The summed E-state index contributed by atoms with van der Waals surface area (Å²) in [6, 6.07) is 4.28. The lowest BCUT2D eigenvalue weighted by atomic mass is 9.88. The average Bonchev–Trinajstić information content (AvgIpc) is 3.03. The van der Waals surface area contributed by atoms with Crippen LogP contribution in [0.4, 0.5) is 0 Å². The zero-order chi connectivity index (χ0) is 11.9. The van der Waals surface area contributed by atoms with E-state index in [0.717, 1.165) is 18.4 Å². The van der Waals surface area contributed by atoms with Gasteiger partial charge in [0.25, 0.3) is 0 Å². The quantitative estimate of drug-likeness (QED) is 0.450. The molecule has 3 N–H and O–H groups in total. The van der Waals surface area contributed by atoms with Crippen molar-refractivity contribution in [3.8, 4) is 0 Å². The van der Waals surface area contributed by atoms with Gasteiger partial charge in [-0.25, -0.2) is 5.84 Å². The number of aryl methyl sites for hydroxylation is 3. The van der Waals surface area contributed by atoms with Gasteiger partial charge < -0.3 is 0 Å². The summed E-state index contributed by atoms with van der Waals surface area (Å²) >= 11 is 0. The van der Waals surface area contributed by atoms with E-state index in [2.05, 4.69) is 38.3 Å². The molecule has 0 aromatic heterocycles. The molecular weight excluding hydrogens is 200 g/mol. The lowest BCUT2D eigenvalue weighted by Crippen LogP contribution is -2.39. The molecular formula is C13H18N2O. The number of amides is 1. The summed E-state index contributed by atoms with van der Waals surface area (Å²) in [4.78, 5) is 11.8. The Bertz CT molecular complexity index is 447. The lowest BCUT2D eigenvalue weighted by molar-refractivity contribution is -0.123. The molecule has 0 spiro atoms. The summed E-state index contributed by atoms with van der Waals surface area (Å²) < 4.78 is 0. The highest BCUT2D eigenvalue weighted by atomic mass is 16.2. The molecule has 3 nitrogen and oxygen atoms in total. The maximum atomic E-state index is 11.8. The number of hydrogen-bond acceptors (Lipinski definition) is 2. The molecule has 1 aromatic rings. The SMILES string of the molecule is Cc1cc(C)c(C2(C(=O)NN)CC2)cc1C. The molecule has 0 atom stereocenters. The molecule has 86 valence electrons. The predicted octanol–water partition coefficient (Wildman–Crippen LogP) is 1.63. The highest BCUT2D eigenvalue weighted by Gasteiger charge is 2.51. The molecule has 0 radical (unpaired) electrons.